The van der Waals surface area contributed by atoms with E-state index in [0.717, 1.165) is 5.56 Å². The van der Waals surface area contributed by atoms with Gasteiger partial charge in [-0.05, 0) is 41.8 Å². The van der Waals surface area contributed by atoms with Crippen molar-refractivity contribution in [2.24, 2.45) is 4.99 Å². The van der Waals surface area contributed by atoms with Crippen molar-refractivity contribution in [1.82, 2.24) is 0 Å². The summed E-state index contributed by atoms with van der Waals surface area (Å²) in [5, 5.41) is 9.94. The van der Waals surface area contributed by atoms with Crippen LogP contribution in [0.4, 0.5) is 11.4 Å². The van der Waals surface area contributed by atoms with Gasteiger partial charge >= 0.3 is 5.97 Å². The number of aliphatic imine (C=N–C) groups is 1. The highest BCUT2D eigenvalue weighted by Gasteiger charge is 2.29. The lowest BCUT2D eigenvalue weighted by Gasteiger charge is -2.20. The molecule has 4 rings (SSSR count). The second kappa shape index (κ2) is 10.7. The van der Waals surface area contributed by atoms with Crippen LogP contribution in [0, 0.1) is 6.92 Å². The Morgan fingerprint density at radius 3 is 2.11 bits per heavy atom. The molecule has 0 aliphatic carbocycles. The summed E-state index contributed by atoms with van der Waals surface area (Å²) in [6, 6.07) is 25.9. The maximum atomic E-state index is 14.0. The minimum atomic E-state index is -4.10. The summed E-state index contributed by atoms with van der Waals surface area (Å²) in [5.41, 5.74) is 15.4. The van der Waals surface area contributed by atoms with Crippen LogP contribution >= 0.6 is 0 Å². The van der Waals surface area contributed by atoms with Crippen molar-refractivity contribution in [3.8, 4) is 11.1 Å². The Hall–Kier alpha value is -4.43. The first-order valence-electron chi connectivity index (χ1n) is 11.6. The number of para-hydroxylation sites is 2. The Labute approximate surface area is 216 Å². The van der Waals surface area contributed by atoms with Crippen LogP contribution < -0.4 is 11.5 Å². The van der Waals surface area contributed by atoms with E-state index in [1.165, 1.54) is 12.1 Å². The lowest BCUT2D eigenvalue weighted by molar-refractivity contribution is -0.129. The van der Waals surface area contributed by atoms with E-state index in [0.29, 0.717) is 27.9 Å². The van der Waals surface area contributed by atoms with E-state index in [2.05, 4.69) is 4.99 Å². The molecule has 0 atom stereocenters. The monoisotopic (exact) mass is 513 g/mol. The van der Waals surface area contributed by atoms with Gasteiger partial charge in [0.1, 0.15) is 5.71 Å². The topological polar surface area (TPSA) is 136 Å². The van der Waals surface area contributed by atoms with Crippen molar-refractivity contribution in [3.05, 3.63) is 108 Å². The van der Waals surface area contributed by atoms with Gasteiger partial charge < -0.3 is 16.6 Å². The highest BCUT2D eigenvalue weighted by Crippen LogP contribution is 2.40. The smallest absolute Gasteiger partial charge is 0.350 e. The predicted molar refractivity (Wildman–Crippen MR) is 146 cm³/mol. The van der Waals surface area contributed by atoms with E-state index in [1.54, 1.807) is 55.5 Å². The Kier molecular flexibility index (Phi) is 7.40. The largest absolute Gasteiger partial charge is 0.477 e. The van der Waals surface area contributed by atoms with Gasteiger partial charge in [-0.15, -0.1) is 0 Å². The second-order valence-corrected chi connectivity index (χ2v) is 10.5. The third kappa shape index (κ3) is 5.39. The maximum absolute atomic E-state index is 14.0. The number of rotatable bonds is 8. The average Bonchev–Trinajstić information content (AvgIpc) is 2.88. The number of hydrogen-bond donors (Lipinski definition) is 3. The molecule has 188 valence electrons. The third-order valence-electron chi connectivity index (χ3n) is 6.05. The van der Waals surface area contributed by atoms with Gasteiger partial charge in [0.25, 0.3) is 0 Å². The van der Waals surface area contributed by atoms with E-state index in [1.807, 2.05) is 30.3 Å². The van der Waals surface area contributed by atoms with Crippen molar-refractivity contribution in [3.63, 3.8) is 0 Å². The normalized spacial score (nSPS) is 11.9. The highest BCUT2D eigenvalue weighted by molar-refractivity contribution is 7.91. The van der Waals surface area contributed by atoms with Gasteiger partial charge in [-0.25, -0.2) is 13.2 Å². The number of nitrogens with zero attached hydrogens (tertiary/aromatic N) is 1. The van der Waals surface area contributed by atoms with Crippen LogP contribution in [-0.4, -0.2) is 25.2 Å². The standard InChI is InChI=1S/C29H27N3O4S/c1-19-15-16-21(17-25(29(33)34)32-18-20-9-3-2-4-10-20)27(22-11-5-6-12-23(22)30)28(19)37(35,36)26-14-8-7-13-24(26)31/h2-16H,17-18,30-31H2,1H3,(H,33,34). The number of aryl methyl sites for hydroxylation is 1. The van der Waals surface area contributed by atoms with Gasteiger partial charge in [0.2, 0.25) is 9.84 Å². The number of carbonyl (C=O) groups is 1. The fourth-order valence-electron chi connectivity index (χ4n) is 4.23. The molecule has 0 saturated heterocycles. The van der Waals surface area contributed by atoms with Crippen LogP contribution in [-0.2, 0) is 27.6 Å². The number of hydrogen-bond acceptors (Lipinski definition) is 6. The van der Waals surface area contributed by atoms with Crippen LogP contribution in [0.15, 0.2) is 106 Å². The molecule has 0 aliphatic heterocycles. The van der Waals surface area contributed by atoms with Gasteiger partial charge in [0, 0.05) is 23.2 Å². The maximum Gasteiger partial charge on any atom is 0.350 e. The molecule has 37 heavy (non-hydrogen) atoms. The van der Waals surface area contributed by atoms with Gasteiger partial charge in [0.05, 0.1) is 22.0 Å². The van der Waals surface area contributed by atoms with E-state index in [-0.39, 0.29) is 34.2 Å². The fraction of sp³-hybridized carbons (Fsp3) is 0.103. The Morgan fingerprint density at radius 1 is 0.838 bits per heavy atom. The Balaban J connectivity index is 1.94. The number of nitrogen functional groups attached to an aromatic ring is 2. The summed E-state index contributed by atoms with van der Waals surface area (Å²) in [6.07, 6.45) is -0.0983. The fourth-order valence-corrected chi connectivity index (χ4v) is 6.08. The molecule has 4 aromatic rings. The minimum Gasteiger partial charge on any atom is -0.477 e. The highest BCUT2D eigenvalue weighted by atomic mass is 32.2. The van der Waals surface area contributed by atoms with Gasteiger partial charge in [-0.1, -0.05) is 72.8 Å². The van der Waals surface area contributed by atoms with Gasteiger partial charge in [-0.3, -0.25) is 4.99 Å². The number of carboxylic acids is 1. The third-order valence-corrected chi connectivity index (χ3v) is 8.06. The number of aliphatic carboxylic acids is 1. The molecule has 5 N–H and O–H groups in total. The summed E-state index contributed by atoms with van der Waals surface area (Å²) in [5.74, 6) is -1.18. The molecule has 0 amide bonds. The average molecular weight is 514 g/mol. The molecule has 0 spiro atoms. The van der Waals surface area contributed by atoms with Gasteiger partial charge in [0.15, 0.2) is 0 Å². The molecule has 0 aromatic heterocycles. The number of sulfone groups is 1. The summed E-state index contributed by atoms with van der Waals surface area (Å²) in [7, 11) is -4.10. The van der Waals surface area contributed by atoms with Crippen LogP contribution in [0.3, 0.4) is 0 Å². The van der Waals surface area contributed by atoms with Crippen molar-refractivity contribution in [2.45, 2.75) is 29.7 Å². The Morgan fingerprint density at radius 2 is 1.46 bits per heavy atom. The molecule has 7 nitrogen and oxygen atoms in total. The molecule has 0 aliphatic rings. The first kappa shape index (κ1) is 25.7. The zero-order chi connectivity index (χ0) is 26.6. The molecular weight excluding hydrogens is 486 g/mol. The summed E-state index contributed by atoms with van der Waals surface area (Å²) in [4.78, 5) is 16.5. The summed E-state index contributed by atoms with van der Waals surface area (Å²) < 4.78 is 28.0. The first-order valence-corrected chi connectivity index (χ1v) is 13.1. The molecule has 0 bridgehead atoms. The minimum absolute atomic E-state index is 0.0257. The van der Waals surface area contributed by atoms with Crippen molar-refractivity contribution < 1.29 is 18.3 Å². The van der Waals surface area contributed by atoms with Gasteiger partial charge in [-0.2, -0.15) is 0 Å². The summed E-state index contributed by atoms with van der Waals surface area (Å²) in [6.45, 7) is 1.88. The van der Waals surface area contributed by atoms with E-state index >= 15 is 0 Å². The predicted octanol–water partition coefficient (Wildman–Crippen LogP) is 4.93. The van der Waals surface area contributed by atoms with Crippen LogP contribution in [0.5, 0.6) is 0 Å². The lowest BCUT2D eigenvalue weighted by Crippen LogP contribution is -2.18. The Bertz CT molecular complexity index is 1600. The zero-order valence-electron chi connectivity index (χ0n) is 20.3. The van der Waals surface area contributed by atoms with Crippen LogP contribution in [0.2, 0.25) is 0 Å². The molecule has 0 heterocycles. The van der Waals surface area contributed by atoms with Crippen molar-refractivity contribution in [1.29, 1.82) is 0 Å². The molecule has 8 heteroatoms. The number of carboxylic acid groups (broad SMARTS) is 1. The number of benzene rings is 4. The number of anilines is 2. The van der Waals surface area contributed by atoms with Crippen molar-refractivity contribution >= 4 is 32.9 Å². The zero-order valence-corrected chi connectivity index (χ0v) is 21.1. The molecule has 0 radical (unpaired) electrons. The number of nitrogens with two attached hydrogens (primary N) is 2. The van der Waals surface area contributed by atoms with Crippen molar-refractivity contribution in [2.75, 3.05) is 11.5 Å². The van der Waals surface area contributed by atoms with E-state index < -0.39 is 15.8 Å². The van der Waals surface area contributed by atoms with E-state index in [4.69, 9.17) is 11.5 Å². The first-order chi connectivity index (χ1) is 17.7. The van der Waals surface area contributed by atoms with Crippen LogP contribution in [0.1, 0.15) is 16.7 Å². The molecular formula is C29H27N3O4S. The SMILES string of the molecule is Cc1ccc(CC(=NCc2ccccc2)C(=O)O)c(-c2ccccc2N)c1S(=O)(=O)c1ccccc1N. The van der Waals surface area contributed by atoms with Crippen LogP contribution in [0.25, 0.3) is 11.1 Å². The molecule has 0 unspecified atom stereocenters. The molecule has 4 aromatic carbocycles. The lowest BCUT2D eigenvalue weighted by atomic mass is 9.93. The molecule has 0 saturated carbocycles. The van der Waals surface area contributed by atoms with E-state index in [9.17, 15) is 18.3 Å². The summed E-state index contributed by atoms with van der Waals surface area (Å²) >= 11 is 0. The quantitative estimate of drug-likeness (QED) is 0.226. The molecule has 0 fully saturated rings. The second-order valence-electron chi connectivity index (χ2n) is 8.60.